The van der Waals surface area contributed by atoms with Gasteiger partial charge in [0.15, 0.2) is 0 Å². The van der Waals surface area contributed by atoms with Gasteiger partial charge in [-0.2, -0.15) is 89.2 Å². The van der Waals surface area contributed by atoms with Gasteiger partial charge >= 0.3 is 48.3 Å². The van der Waals surface area contributed by atoms with E-state index in [-0.39, 0.29) is 51.7 Å². The molecule has 10 nitrogen and oxygen atoms in total. The van der Waals surface area contributed by atoms with Crippen LogP contribution in [0.3, 0.4) is 0 Å². The maximum absolute atomic E-state index is 13.9. The topological polar surface area (TPSA) is 102 Å². The van der Waals surface area contributed by atoms with Gasteiger partial charge in [0.2, 0.25) is 0 Å². The van der Waals surface area contributed by atoms with Crippen molar-refractivity contribution in [2.75, 3.05) is 52.9 Å². The number of ether oxygens (including phenoxy) is 6. The van der Waals surface area contributed by atoms with Gasteiger partial charge in [0.1, 0.15) is 0 Å². The summed E-state index contributed by atoms with van der Waals surface area (Å²) in [4.78, 5) is 0. The Kier molecular flexibility index (Phi) is 18.3. The molecule has 0 saturated carbocycles. The van der Waals surface area contributed by atoms with Crippen LogP contribution in [0.15, 0.2) is 0 Å². The minimum atomic E-state index is -7.51. The zero-order chi connectivity index (χ0) is 51.0. The Labute approximate surface area is 363 Å². The molecule has 2 fully saturated rings. The predicted molar refractivity (Wildman–Crippen MR) is 189 cm³/mol. The first-order valence-electron chi connectivity index (χ1n) is 19.8. The Hall–Kier alpha value is -1.66. The fourth-order valence-electron chi connectivity index (χ4n) is 8.22. The van der Waals surface area contributed by atoms with E-state index < -0.39 is 128 Å². The molecule has 2 rings (SSSR count). The van der Waals surface area contributed by atoms with E-state index in [1.54, 1.807) is 55.4 Å². The normalized spacial score (nSPS) is 21.6. The lowest BCUT2D eigenvalue weighted by Gasteiger charge is -2.51. The molecule has 0 aliphatic carbocycles. The van der Waals surface area contributed by atoms with Crippen LogP contribution >= 0.6 is 0 Å². The first kappa shape index (κ1) is 59.5. The van der Waals surface area contributed by atoms with E-state index in [9.17, 15) is 89.4 Å². The number of hydrogen-bond donors (Lipinski definition) is 2. The number of alkyl halides is 18. The van der Waals surface area contributed by atoms with Crippen molar-refractivity contribution in [2.45, 2.75) is 177 Å². The fourth-order valence-corrected chi connectivity index (χ4v) is 8.22. The average molecular weight is 999 g/mol. The van der Waals surface area contributed by atoms with Gasteiger partial charge in [-0.25, -0.2) is 0 Å². The summed E-state index contributed by atoms with van der Waals surface area (Å²) in [5.41, 5.74) is -21.5. The third-order valence-electron chi connectivity index (χ3n) is 11.2. The molecule has 0 atom stereocenters. The van der Waals surface area contributed by atoms with E-state index in [1.165, 1.54) is 0 Å². The van der Waals surface area contributed by atoms with Gasteiger partial charge in [-0.05, 0) is 93.9 Å². The van der Waals surface area contributed by atoms with Crippen molar-refractivity contribution in [3.8, 4) is 0 Å². The number of rotatable bonds is 20. The minimum Gasteiger partial charge on any atom is -0.381 e. The summed E-state index contributed by atoms with van der Waals surface area (Å²) in [6, 6.07) is 0. The van der Waals surface area contributed by atoms with Crippen LogP contribution in [0.5, 0.6) is 0 Å². The molecule has 0 bridgehead atoms. The molecule has 2 aliphatic heterocycles. The van der Waals surface area contributed by atoms with E-state index in [0.29, 0.717) is 0 Å². The van der Waals surface area contributed by atoms with Crippen molar-refractivity contribution in [3.63, 3.8) is 0 Å². The van der Waals surface area contributed by atoms with E-state index in [0.717, 1.165) is 10.1 Å². The summed E-state index contributed by atoms with van der Waals surface area (Å²) in [6.45, 7) is 1.61. The van der Waals surface area contributed by atoms with Crippen molar-refractivity contribution < 1.29 is 118 Å². The average Bonchev–Trinajstić information content (AvgIpc) is 3.05. The molecule has 388 valence electrons. The zero-order valence-electron chi connectivity index (χ0n) is 36.6. The van der Waals surface area contributed by atoms with Gasteiger partial charge in [0.05, 0.1) is 44.1 Å². The van der Waals surface area contributed by atoms with Crippen molar-refractivity contribution >= 4 is 0 Å². The maximum Gasteiger partial charge on any atom is 0.435 e. The van der Waals surface area contributed by atoms with E-state index in [2.05, 4.69) is 9.47 Å². The quantitative estimate of drug-likeness (QED) is 0.0906. The molecule has 2 heterocycles. The number of hydroxylamine groups is 4. The molecular weight excluding hydrogens is 942 g/mol. The summed E-state index contributed by atoms with van der Waals surface area (Å²) in [7, 11) is 0. The first-order valence-corrected chi connectivity index (χ1v) is 19.8. The molecular formula is C37H56F18N2O8. The van der Waals surface area contributed by atoms with Crippen LogP contribution in [0.2, 0.25) is 0 Å². The van der Waals surface area contributed by atoms with E-state index in [1.807, 2.05) is 0 Å². The summed E-state index contributed by atoms with van der Waals surface area (Å²) in [5, 5.41) is 23.2. The summed E-state index contributed by atoms with van der Waals surface area (Å²) < 4.78 is 280. The number of nitrogens with zero attached hydrogens (tertiary/aromatic N) is 2. The smallest absolute Gasteiger partial charge is 0.381 e. The lowest BCUT2D eigenvalue weighted by Crippen LogP contribution is -2.70. The second-order valence-electron chi connectivity index (χ2n) is 18.9. The first-order chi connectivity index (χ1) is 28.8. The summed E-state index contributed by atoms with van der Waals surface area (Å²) in [6.07, 6.45) is -46.0. The number of piperidine rings is 2. The highest BCUT2D eigenvalue weighted by molar-refractivity contribution is 5.05. The Bertz CT molecular complexity index is 1290. The molecule has 2 N–H and O–H groups in total. The molecule has 0 amide bonds. The maximum atomic E-state index is 13.9. The standard InChI is InChI=1S/C37H56F18N2O8/c1-25(2)15-23(16-26(3,4)56(25)58)62-13-9-11-60-19-29(21-64-30(32(38,39)40,33(41,42)43)34(44,45)46,22-65-31(35(47,48)49,36(50,51)52)37(53,54)55)20-61-12-10-14-63-24-17-27(5,6)57(59)28(7,8)18-24/h23-24,58-59H,9-22H2,1-8H3. The van der Waals surface area contributed by atoms with Gasteiger partial charge < -0.3 is 38.8 Å². The SMILES string of the molecule is CC1(C)CC(OCCCOCC(COCCCOC2CC(C)(C)N(O)C(C)(C)C2)(COC(C(F)(F)F)(C(F)(F)F)C(F)(F)F)COC(C(F)(F)F)(C(F)(F)F)C(F)(F)F)CC(C)(C)N1O. The lowest BCUT2D eigenvalue weighted by atomic mass is 9.80. The van der Waals surface area contributed by atoms with Crippen LogP contribution in [0.25, 0.3) is 0 Å². The van der Waals surface area contributed by atoms with Gasteiger partial charge in [0, 0.05) is 48.6 Å². The number of halogens is 18. The Balaban J connectivity index is 2.56. The summed E-state index contributed by atoms with van der Waals surface area (Å²) in [5.74, 6) is 0. The van der Waals surface area contributed by atoms with Crippen LogP contribution in [-0.4, -0.2) is 156 Å². The van der Waals surface area contributed by atoms with Crippen molar-refractivity contribution in [3.05, 3.63) is 0 Å². The van der Waals surface area contributed by atoms with Crippen LogP contribution in [-0.2, 0) is 28.4 Å². The zero-order valence-corrected chi connectivity index (χ0v) is 36.6. The van der Waals surface area contributed by atoms with Gasteiger partial charge in [0.25, 0.3) is 0 Å². The van der Waals surface area contributed by atoms with Gasteiger partial charge in [-0.15, -0.1) is 0 Å². The second-order valence-corrected chi connectivity index (χ2v) is 18.9. The predicted octanol–water partition coefficient (Wildman–Crippen LogP) is 10.5. The number of hydrogen-bond acceptors (Lipinski definition) is 10. The van der Waals surface area contributed by atoms with E-state index >= 15 is 0 Å². The molecule has 0 unspecified atom stereocenters. The van der Waals surface area contributed by atoms with Crippen molar-refractivity contribution in [2.24, 2.45) is 5.41 Å². The molecule has 28 heteroatoms. The Morgan fingerprint density at radius 3 is 0.846 bits per heavy atom. The molecule has 0 aromatic carbocycles. The molecule has 2 aliphatic rings. The third-order valence-corrected chi connectivity index (χ3v) is 11.2. The van der Waals surface area contributed by atoms with Gasteiger partial charge in [-0.3, -0.25) is 0 Å². The highest BCUT2D eigenvalue weighted by Gasteiger charge is 2.87. The molecule has 65 heavy (non-hydrogen) atoms. The largest absolute Gasteiger partial charge is 0.435 e. The summed E-state index contributed by atoms with van der Waals surface area (Å²) >= 11 is 0. The second kappa shape index (κ2) is 20.0. The molecule has 0 aromatic rings. The highest BCUT2D eigenvalue weighted by atomic mass is 19.4. The fraction of sp³-hybridized carbons (Fsp3) is 1.00. The monoisotopic (exact) mass is 998 g/mol. The van der Waals surface area contributed by atoms with Crippen LogP contribution < -0.4 is 0 Å². The van der Waals surface area contributed by atoms with Crippen LogP contribution in [0, 0.1) is 5.41 Å². The van der Waals surface area contributed by atoms with Gasteiger partial charge in [-0.1, -0.05) is 0 Å². The lowest BCUT2D eigenvalue weighted by molar-refractivity contribution is -0.468. The van der Waals surface area contributed by atoms with Crippen LogP contribution in [0.1, 0.15) is 93.9 Å². The Morgan fingerprint density at radius 1 is 0.400 bits per heavy atom. The minimum absolute atomic E-state index is 0.213. The Morgan fingerprint density at radius 2 is 0.631 bits per heavy atom. The highest BCUT2D eigenvalue weighted by Crippen LogP contribution is 2.57. The van der Waals surface area contributed by atoms with Crippen molar-refractivity contribution in [1.29, 1.82) is 0 Å². The molecule has 0 radical (unpaired) electrons. The van der Waals surface area contributed by atoms with Crippen molar-refractivity contribution in [1.82, 2.24) is 10.1 Å². The van der Waals surface area contributed by atoms with E-state index in [4.69, 9.17) is 18.9 Å². The van der Waals surface area contributed by atoms with Crippen LogP contribution in [0.4, 0.5) is 79.0 Å². The molecule has 0 aromatic heterocycles. The molecule has 2 saturated heterocycles. The molecule has 0 spiro atoms. The third kappa shape index (κ3) is 13.4.